The van der Waals surface area contributed by atoms with Crippen molar-refractivity contribution in [1.82, 2.24) is 0 Å². The third kappa shape index (κ3) is 2.59. The highest BCUT2D eigenvalue weighted by molar-refractivity contribution is 7.92. The maximum Gasteiger partial charge on any atom is 0.183 e. The van der Waals surface area contributed by atoms with E-state index < -0.39 is 15.1 Å². The first-order chi connectivity index (χ1) is 9.91. The van der Waals surface area contributed by atoms with Crippen LogP contribution in [0.25, 0.3) is 0 Å². The van der Waals surface area contributed by atoms with Crippen LogP contribution in [-0.2, 0) is 9.84 Å². The van der Waals surface area contributed by atoms with Gasteiger partial charge >= 0.3 is 0 Å². The first-order valence-electron chi connectivity index (χ1n) is 6.73. The van der Waals surface area contributed by atoms with Gasteiger partial charge in [-0.25, -0.2) is 8.42 Å². The lowest BCUT2D eigenvalue weighted by Gasteiger charge is -2.04. The van der Waals surface area contributed by atoms with E-state index in [4.69, 9.17) is 17.3 Å². The van der Waals surface area contributed by atoms with Gasteiger partial charge < -0.3 is 5.73 Å². The lowest BCUT2D eigenvalue weighted by molar-refractivity contribution is 0.593. The molecule has 0 saturated heterocycles. The number of aryl methyl sites for hydroxylation is 1. The molecule has 1 aliphatic carbocycles. The molecule has 2 N–H and O–H groups in total. The molecule has 1 aliphatic rings. The van der Waals surface area contributed by atoms with Crippen molar-refractivity contribution >= 4 is 21.4 Å². The largest absolute Gasteiger partial charge is 0.326 e. The van der Waals surface area contributed by atoms with Crippen LogP contribution in [0.4, 0.5) is 0 Å². The maximum absolute atomic E-state index is 12.7. The zero-order valence-electron chi connectivity index (χ0n) is 11.5. The second-order valence-corrected chi connectivity index (χ2v) is 8.02. The fraction of sp³-hybridized carbons (Fsp3) is 0.250. The van der Waals surface area contributed by atoms with Crippen LogP contribution in [0.2, 0.25) is 5.02 Å². The summed E-state index contributed by atoms with van der Waals surface area (Å²) in [6, 6.07) is 13.8. The molecule has 21 heavy (non-hydrogen) atoms. The Kier molecular flexibility index (Phi) is 3.56. The van der Waals surface area contributed by atoms with E-state index in [9.17, 15) is 8.42 Å². The van der Waals surface area contributed by atoms with Gasteiger partial charge in [0.25, 0.3) is 0 Å². The van der Waals surface area contributed by atoms with Gasteiger partial charge in [-0.3, -0.25) is 0 Å². The van der Waals surface area contributed by atoms with Crippen LogP contribution in [-0.4, -0.2) is 19.7 Å². The van der Waals surface area contributed by atoms with E-state index in [-0.39, 0.29) is 12.0 Å². The van der Waals surface area contributed by atoms with Gasteiger partial charge in [-0.1, -0.05) is 41.4 Å². The SMILES string of the molecule is Cc1ccc(S(=O)(=O)[C@@H]2[C@H](N)[C@H]2c2ccc(Cl)cc2)cc1. The quantitative estimate of drug-likeness (QED) is 0.945. The average Bonchev–Trinajstić information content (AvgIpc) is 3.12. The molecule has 3 rings (SSSR count). The molecule has 1 saturated carbocycles. The lowest BCUT2D eigenvalue weighted by Crippen LogP contribution is -2.15. The van der Waals surface area contributed by atoms with Gasteiger partial charge in [0.2, 0.25) is 0 Å². The Balaban J connectivity index is 1.91. The number of sulfone groups is 1. The molecule has 3 atom stereocenters. The molecule has 0 bridgehead atoms. The second-order valence-electron chi connectivity index (χ2n) is 5.48. The van der Waals surface area contributed by atoms with Gasteiger partial charge in [-0.2, -0.15) is 0 Å². The standard InChI is InChI=1S/C16H16ClNO2S/c1-10-2-8-13(9-3-10)21(19,20)16-14(15(16)18)11-4-6-12(17)7-5-11/h2-9,14-16H,18H2,1H3/t14-,15-,16+/m1/s1. The minimum Gasteiger partial charge on any atom is -0.326 e. The normalized spacial score (nSPS) is 24.8. The van der Waals surface area contributed by atoms with E-state index in [2.05, 4.69) is 0 Å². The van der Waals surface area contributed by atoms with Crippen molar-refractivity contribution in [1.29, 1.82) is 0 Å². The van der Waals surface area contributed by atoms with Crippen molar-refractivity contribution in [2.75, 3.05) is 0 Å². The van der Waals surface area contributed by atoms with Crippen molar-refractivity contribution in [2.24, 2.45) is 5.73 Å². The van der Waals surface area contributed by atoms with Crippen LogP contribution >= 0.6 is 11.6 Å². The Labute approximate surface area is 129 Å². The molecule has 110 valence electrons. The summed E-state index contributed by atoms with van der Waals surface area (Å²) < 4.78 is 25.3. The third-order valence-electron chi connectivity index (χ3n) is 3.97. The zero-order chi connectivity index (χ0) is 15.2. The minimum atomic E-state index is -3.40. The van der Waals surface area contributed by atoms with Crippen molar-refractivity contribution in [2.45, 2.75) is 29.0 Å². The van der Waals surface area contributed by atoms with Crippen molar-refractivity contribution in [3.8, 4) is 0 Å². The van der Waals surface area contributed by atoms with Crippen LogP contribution in [0.15, 0.2) is 53.4 Å². The Bertz CT molecular complexity index is 754. The van der Waals surface area contributed by atoms with Crippen molar-refractivity contribution in [3.63, 3.8) is 0 Å². The van der Waals surface area contributed by atoms with E-state index in [1.165, 1.54) is 0 Å². The van der Waals surface area contributed by atoms with Gasteiger partial charge in [0, 0.05) is 17.0 Å². The molecule has 0 spiro atoms. The summed E-state index contributed by atoms with van der Waals surface area (Å²) in [4.78, 5) is 0.338. The Hall–Kier alpha value is -1.36. The summed E-state index contributed by atoms with van der Waals surface area (Å²) in [5.41, 5.74) is 7.98. The molecule has 0 unspecified atom stereocenters. The fourth-order valence-electron chi connectivity index (χ4n) is 2.69. The predicted molar refractivity (Wildman–Crippen MR) is 84.3 cm³/mol. The minimum absolute atomic E-state index is 0.159. The summed E-state index contributed by atoms with van der Waals surface area (Å²) in [5.74, 6) is -0.159. The van der Waals surface area contributed by atoms with Crippen molar-refractivity contribution in [3.05, 3.63) is 64.7 Å². The number of benzene rings is 2. The average molecular weight is 322 g/mol. The van der Waals surface area contributed by atoms with Gasteiger partial charge in [0.15, 0.2) is 9.84 Å². The molecule has 0 heterocycles. The summed E-state index contributed by atoms with van der Waals surface area (Å²) in [6.45, 7) is 1.93. The molecule has 3 nitrogen and oxygen atoms in total. The highest BCUT2D eigenvalue weighted by Gasteiger charge is 2.57. The molecular formula is C16H16ClNO2S. The number of nitrogens with two attached hydrogens (primary N) is 1. The Morgan fingerprint density at radius 3 is 2.14 bits per heavy atom. The first-order valence-corrected chi connectivity index (χ1v) is 8.65. The van der Waals surface area contributed by atoms with Crippen LogP contribution in [0.3, 0.4) is 0 Å². The Morgan fingerprint density at radius 1 is 1.00 bits per heavy atom. The second kappa shape index (κ2) is 5.13. The maximum atomic E-state index is 12.7. The van der Waals surface area contributed by atoms with E-state index in [1.807, 2.05) is 19.1 Å². The Morgan fingerprint density at radius 2 is 1.57 bits per heavy atom. The number of rotatable bonds is 3. The van der Waals surface area contributed by atoms with Gasteiger partial charge in [0.05, 0.1) is 10.1 Å². The van der Waals surface area contributed by atoms with Crippen LogP contribution in [0.5, 0.6) is 0 Å². The molecule has 0 aromatic heterocycles. The van der Waals surface area contributed by atoms with Crippen LogP contribution in [0, 0.1) is 6.92 Å². The van der Waals surface area contributed by atoms with Gasteiger partial charge in [-0.15, -0.1) is 0 Å². The van der Waals surface area contributed by atoms with E-state index in [1.54, 1.807) is 36.4 Å². The highest BCUT2D eigenvalue weighted by atomic mass is 35.5. The highest BCUT2D eigenvalue weighted by Crippen LogP contribution is 2.47. The molecule has 0 aliphatic heterocycles. The molecule has 5 heteroatoms. The lowest BCUT2D eigenvalue weighted by atomic mass is 10.1. The van der Waals surface area contributed by atoms with Crippen LogP contribution in [0.1, 0.15) is 17.0 Å². The molecule has 2 aromatic carbocycles. The topological polar surface area (TPSA) is 60.2 Å². The first kappa shape index (κ1) is 14.6. The zero-order valence-corrected chi connectivity index (χ0v) is 13.1. The summed E-state index contributed by atoms with van der Waals surface area (Å²) in [7, 11) is -3.40. The monoisotopic (exact) mass is 321 g/mol. The summed E-state index contributed by atoms with van der Waals surface area (Å²) in [5, 5.41) is 0.0762. The third-order valence-corrected chi connectivity index (χ3v) is 6.48. The van der Waals surface area contributed by atoms with Crippen LogP contribution < -0.4 is 5.73 Å². The van der Waals surface area contributed by atoms with Crippen molar-refractivity contribution < 1.29 is 8.42 Å². The number of hydrogen-bond donors (Lipinski definition) is 1. The molecule has 0 amide bonds. The number of hydrogen-bond acceptors (Lipinski definition) is 3. The molecule has 1 fully saturated rings. The predicted octanol–water partition coefficient (Wildman–Crippen LogP) is 2.92. The number of halogens is 1. The van der Waals surface area contributed by atoms with E-state index in [0.717, 1.165) is 11.1 Å². The molecular weight excluding hydrogens is 306 g/mol. The van der Waals surface area contributed by atoms with E-state index in [0.29, 0.717) is 9.92 Å². The van der Waals surface area contributed by atoms with Gasteiger partial charge in [-0.05, 0) is 36.8 Å². The van der Waals surface area contributed by atoms with Gasteiger partial charge in [0.1, 0.15) is 0 Å². The smallest absolute Gasteiger partial charge is 0.183 e. The van der Waals surface area contributed by atoms with E-state index >= 15 is 0 Å². The molecule has 2 aromatic rings. The summed E-state index contributed by atoms with van der Waals surface area (Å²) in [6.07, 6.45) is 0. The summed E-state index contributed by atoms with van der Waals surface area (Å²) >= 11 is 5.86. The fourth-order valence-corrected chi connectivity index (χ4v) is 4.86. The molecule has 0 radical (unpaired) electrons.